The van der Waals surface area contributed by atoms with E-state index in [1.807, 2.05) is 0 Å². The molecule has 2 heteroatoms. The summed E-state index contributed by atoms with van der Waals surface area (Å²) in [5.74, 6) is 0.771. The molecule has 0 aliphatic rings. The van der Waals surface area contributed by atoms with Crippen molar-refractivity contribution >= 4 is 0 Å². The van der Waals surface area contributed by atoms with Crippen molar-refractivity contribution in [2.75, 3.05) is 0 Å². The van der Waals surface area contributed by atoms with Crippen molar-refractivity contribution in [2.45, 2.75) is 41.5 Å². The average molecular weight is 393 g/mol. The van der Waals surface area contributed by atoms with Crippen LogP contribution in [0.25, 0.3) is 33.9 Å². The van der Waals surface area contributed by atoms with Gasteiger partial charge in [0.15, 0.2) is 5.82 Å². The van der Waals surface area contributed by atoms with Crippen molar-refractivity contribution in [3.05, 3.63) is 94.0 Å². The predicted octanol–water partition coefficient (Wildman–Crippen LogP) is 7.33. The monoisotopic (exact) mass is 392 g/mol. The molecule has 150 valence electrons. The van der Waals surface area contributed by atoms with E-state index in [1.165, 1.54) is 33.4 Å². The standard InChI is InChI=1S/C28H28N2/c1-17-7-18(2)11-23(10-17)26-16-27(24-12-19(3)8-20(4)13-24)30-28(29-26)25-14-21(5)9-22(6)15-25/h7-16H,1-6H3. The Morgan fingerprint density at radius 1 is 0.367 bits per heavy atom. The fourth-order valence-corrected chi connectivity index (χ4v) is 4.22. The molecule has 0 spiro atoms. The highest BCUT2D eigenvalue weighted by Crippen LogP contribution is 2.30. The van der Waals surface area contributed by atoms with Gasteiger partial charge in [0.25, 0.3) is 0 Å². The molecule has 0 saturated carbocycles. The molecule has 4 aromatic rings. The average Bonchev–Trinajstić information content (AvgIpc) is 2.65. The van der Waals surface area contributed by atoms with Crippen LogP contribution in [0.3, 0.4) is 0 Å². The smallest absolute Gasteiger partial charge is 0.160 e. The van der Waals surface area contributed by atoms with Gasteiger partial charge in [-0.2, -0.15) is 0 Å². The Morgan fingerprint density at radius 3 is 1.00 bits per heavy atom. The van der Waals surface area contributed by atoms with Crippen LogP contribution in [0.15, 0.2) is 60.7 Å². The van der Waals surface area contributed by atoms with Crippen LogP contribution < -0.4 is 0 Å². The summed E-state index contributed by atoms with van der Waals surface area (Å²) >= 11 is 0. The van der Waals surface area contributed by atoms with Crippen molar-refractivity contribution in [3.63, 3.8) is 0 Å². The quantitative estimate of drug-likeness (QED) is 0.365. The first kappa shape index (κ1) is 20.0. The molecule has 0 N–H and O–H groups in total. The van der Waals surface area contributed by atoms with Crippen LogP contribution in [-0.2, 0) is 0 Å². The normalized spacial score (nSPS) is 11.0. The lowest BCUT2D eigenvalue weighted by Gasteiger charge is -2.12. The topological polar surface area (TPSA) is 25.8 Å². The molecule has 0 aliphatic carbocycles. The van der Waals surface area contributed by atoms with Gasteiger partial charge in [-0.1, -0.05) is 51.6 Å². The summed E-state index contributed by atoms with van der Waals surface area (Å²) in [6.45, 7) is 12.8. The third-order valence-electron chi connectivity index (χ3n) is 5.24. The number of aromatic nitrogens is 2. The van der Waals surface area contributed by atoms with Crippen LogP contribution in [0.5, 0.6) is 0 Å². The summed E-state index contributed by atoms with van der Waals surface area (Å²) in [6.07, 6.45) is 0. The number of benzene rings is 3. The second-order valence-electron chi connectivity index (χ2n) is 8.59. The van der Waals surface area contributed by atoms with E-state index < -0.39 is 0 Å². The van der Waals surface area contributed by atoms with Crippen LogP contribution in [0.4, 0.5) is 0 Å². The molecular formula is C28H28N2. The Morgan fingerprint density at radius 2 is 0.667 bits per heavy atom. The van der Waals surface area contributed by atoms with Gasteiger partial charge < -0.3 is 0 Å². The molecule has 2 nitrogen and oxygen atoms in total. The minimum atomic E-state index is 0.771. The number of nitrogens with zero attached hydrogens (tertiary/aromatic N) is 2. The van der Waals surface area contributed by atoms with Crippen molar-refractivity contribution in [3.8, 4) is 33.9 Å². The van der Waals surface area contributed by atoms with E-state index in [9.17, 15) is 0 Å². The molecule has 4 rings (SSSR count). The highest BCUT2D eigenvalue weighted by Gasteiger charge is 2.12. The molecule has 0 radical (unpaired) electrons. The van der Waals surface area contributed by atoms with E-state index in [0.29, 0.717) is 0 Å². The Kier molecular flexibility index (Phi) is 5.26. The van der Waals surface area contributed by atoms with Crippen molar-refractivity contribution in [1.29, 1.82) is 0 Å². The molecule has 0 atom stereocenters. The summed E-state index contributed by atoms with van der Waals surface area (Å²) in [5.41, 5.74) is 12.6. The second-order valence-corrected chi connectivity index (χ2v) is 8.59. The second kappa shape index (κ2) is 7.87. The van der Waals surface area contributed by atoms with Gasteiger partial charge in [0.05, 0.1) is 11.4 Å². The van der Waals surface area contributed by atoms with Gasteiger partial charge in [-0.05, 0) is 84.0 Å². The molecule has 0 saturated heterocycles. The third kappa shape index (κ3) is 4.33. The molecule has 0 bridgehead atoms. The van der Waals surface area contributed by atoms with Gasteiger partial charge in [-0.25, -0.2) is 9.97 Å². The summed E-state index contributed by atoms with van der Waals surface area (Å²) in [4.78, 5) is 10.00. The maximum atomic E-state index is 5.00. The zero-order valence-corrected chi connectivity index (χ0v) is 18.7. The summed E-state index contributed by atoms with van der Waals surface area (Å²) < 4.78 is 0. The first-order valence-electron chi connectivity index (χ1n) is 10.4. The highest BCUT2D eigenvalue weighted by atomic mass is 14.9. The molecular weight excluding hydrogens is 364 g/mol. The highest BCUT2D eigenvalue weighted by molar-refractivity contribution is 5.73. The summed E-state index contributed by atoms with van der Waals surface area (Å²) in [6, 6.07) is 21.8. The Hall–Kier alpha value is -3.26. The lowest BCUT2D eigenvalue weighted by Crippen LogP contribution is -1.97. The largest absolute Gasteiger partial charge is 0.228 e. The van der Waals surface area contributed by atoms with Gasteiger partial charge in [0.1, 0.15) is 0 Å². The van der Waals surface area contributed by atoms with Crippen molar-refractivity contribution in [1.82, 2.24) is 9.97 Å². The maximum Gasteiger partial charge on any atom is 0.160 e. The Bertz CT molecular complexity index is 1020. The molecule has 1 heterocycles. The molecule has 1 aromatic heterocycles. The van der Waals surface area contributed by atoms with Crippen molar-refractivity contribution < 1.29 is 0 Å². The van der Waals surface area contributed by atoms with E-state index in [-0.39, 0.29) is 0 Å². The van der Waals surface area contributed by atoms with E-state index in [0.717, 1.165) is 33.9 Å². The fourth-order valence-electron chi connectivity index (χ4n) is 4.22. The van der Waals surface area contributed by atoms with Crippen molar-refractivity contribution in [2.24, 2.45) is 0 Å². The lowest BCUT2D eigenvalue weighted by atomic mass is 10.0. The van der Waals surface area contributed by atoms with Gasteiger partial charge in [0.2, 0.25) is 0 Å². The van der Waals surface area contributed by atoms with Gasteiger partial charge in [-0.15, -0.1) is 0 Å². The van der Waals surface area contributed by atoms with E-state index in [1.54, 1.807) is 0 Å². The van der Waals surface area contributed by atoms with Gasteiger partial charge in [0, 0.05) is 16.7 Å². The summed E-state index contributed by atoms with van der Waals surface area (Å²) in [5, 5.41) is 0. The molecule has 0 unspecified atom stereocenters. The van der Waals surface area contributed by atoms with E-state index in [4.69, 9.17) is 9.97 Å². The van der Waals surface area contributed by atoms with Crippen LogP contribution in [0.2, 0.25) is 0 Å². The van der Waals surface area contributed by atoms with Crippen LogP contribution in [0, 0.1) is 41.5 Å². The summed E-state index contributed by atoms with van der Waals surface area (Å²) in [7, 11) is 0. The fraction of sp³-hybridized carbons (Fsp3) is 0.214. The zero-order valence-electron chi connectivity index (χ0n) is 18.7. The maximum absolute atomic E-state index is 5.00. The SMILES string of the molecule is Cc1cc(C)cc(-c2cc(-c3cc(C)cc(C)c3)nc(-c3cc(C)cc(C)c3)n2)c1. The molecule has 0 aliphatic heterocycles. The number of aryl methyl sites for hydroxylation is 6. The van der Waals surface area contributed by atoms with Gasteiger partial charge in [-0.3, -0.25) is 0 Å². The Balaban J connectivity index is 1.98. The minimum absolute atomic E-state index is 0.771. The van der Waals surface area contributed by atoms with Crippen LogP contribution in [-0.4, -0.2) is 9.97 Å². The van der Waals surface area contributed by atoms with Crippen LogP contribution >= 0.6 is 0 Å². The minimum Gasteiger partial charge on any atom is -0.228 e. The predicted molar refractivity (Wildman–Crippen MR) is 127 cm³/mol. The van der Waals surface area contributed by atoms with E-state index >= 15 is 0 Å². The molecule has 3 aromatic carbocycles. The molecule has 0 fully saturated rings. The first-order chi connectivity index (χ1) is 14.3. The Labute approximate surface area is 179 Å². The first-order valence-corrected chi connectivity index (χ1v) is 10.4. The van der Waals surface area contributed by atoms with E-state index in [2.05, 4.69) is 102 Å². The van der Waals surface area contributed by atoms with Crippen LogP contribution in [0.1, 0.15) is 33.4 Å². The molecule has 0 amide bonds. The number of rotatable bonds is 3. The third-order valence-corrected chi connectivity index (χ3v) is 5.24. The number of hydrogen-bond donors (Lipinski definition) is 0. The molecule has 30 heavy (non-hydrogen) atoms. The zero-order chi connectivity index (χ0) is 21.4. The lowest BCUT2D eigenvalue weighted by molar-refractivity contribution is 1.17. The number of hydrogen-bond acceptors (Lipinski definition) is 2. The van der Waals surface area contributed by atoms with Gasteiger partial charge >= 0.3 is 0 Å².